The summed E-state index contributed by atoms with van der Waals surface area (Å²) in [5.74, 6) is 0.309. The summed E-state index contributed by atoms with van der Waals surface area (Å²) in [6.45, 7) is 8.33. The molecule has 186 valence electrons. The molecule has 1 amide bonds. The summed E-state index contributed by atoms with van der Waals surface area (Å²) in [6.07, 6.45) is 0. The number of aryl methyl sites for hydroxylation is 1. The fraction of sp³-hybridized carbons (Fsp3) is 0.250. The van der Waals surface area contributed by atoms with Gasteiger partial charge in [-0.15, -0.1) is 0 Å². The molecule has 4 aromatic rings. The minimum atomic E-state index is -0.566. The minimum Gasteiger partial charge on any atom is -0.328 e. The van der Waals surface area contributed by atoms with Crippen LogP contribution in [0.25, 0.3) is 16.6 Å². The van der Waals surface area contributed by atoms with Gasteiger partial charge in [-0.25, -0.2) is 4.98 Å². The van der Waals surface area contributed by atoms with Crippen molar-refractivity contribution in [2.45, 2.75) is 33.7 Å². The molecule has 1 unspecified atom stereocenters. The Morgan fingerprint density at radius 2 is 1.58 bits per heavy atom. The number of aromatic nitrogens is 2. The van der Waals surface area contributed by atoms with Gasteiger partial charge in [0.2, 0.25) is 0 Å². The maximum atomic E-state index is 13.8. The van der Waals surface area contributed by atoms with Crippen molar-refractivity contribution in [1.29, 1.82) is 0 Å². The minimum absolute atomic E-state index is 0.150. The zero-order chi connectivity index (χ0) is 26.1. The van der Waals surface area contributed by atoms with Crippen LogP contribution < -0.4 is 5.56 Å². The van der Waals surface area contributed by atoms with Crippen LogP contribution >= 0.6 is 34.8 Å². The van der Waals surface area contributed by atoms with Gasteiger partial charge in [0.15, 0.2) is 0 Å². The molecule has 0 aliphatic heterocycles. The monoisotopic (exact) mass is 541 g/mol. The highest BCUT2D eigenvalue weighted by Gasteiger charge is 2.29. The van der Waals surface area contributed by atoms with Gasteiger partial charge in [-0.2, -0.15) is 0 Å². The maximum absolute atomic E-state index is 13.8. The van der Waals surface area contributed by atoms with Crippen LogP contribution in [-0.4, -0.2) is 26.9 Å². The molecule has 0 saturated carbocycles. The topological polar surface area (TPSA) is 55.2 Å². The number of hydrogen-bond donors (Lipinski definition) is 0. The van der Waals surface area contributed by atoms with Gasteiger partial charge in [-0.05, 0) is 68.3 Å². The molecule has 5 nitrogen and oxygen atoms in total. The van der Waals surface area contributed by atoms with Gasteiger partial charge < -0.3 is 4.90 Å². The first-order chi connectivity index (χ1) is 17.1. The summed E-state index contributed by atoms with van der Waals surface area (Å²) in [4.78, 5) is 34.1. The van der Waals surface area contributed by atoms with E-state index in [2.05, 4.69) is 0 Å². The van der Waals surface area contributed by atoms with Crippen molar-refractivity contribution in [2.24, 2.45) is 5.92 Å². The van der Waals surface area contributed by atoms with E-state index < -0.39 is 6.04 Å². The zero-order valence-corrected chi connectivity index (χ0v) is 22.7. The van der Waals surface area contributed by atoms with Crippen LogP contribution in [0.1, 0.15) is 48.6 Å². The summed E-state index contributed by atoms with van der Waals surface area (Å²) >= 11 is 18.7. The molecule has 0 aliphatic carbocycles. The summed E-state index contributed by atoms with van der Waals surface area (Å²) in [5.41, 5.74) is 2.30. The fourth-order valence-electron chi connectivity index (χ4n) is 4.17. The van der Waals surface area contributed by atoms with Gasteiger partial charge >= 0.3 is 0 Å². The van der Waals surface area contributed by atoms with E-state index in [1.807, 2.05) is 52.0 Å². The highest BCUT2D eigenvalue weighted by Crippen LogP contribution is 2.29. The lowest BCUT2D eigenvalue weighted by Gasteiger charge is -2.32. The molecule has 4 rings (SSSR count). The van der Waals surface area contributed by atoms with Crippen LogP contribution in [0.15, 0.2) is 65.5 Å². The lowest BCUT2D eigenvalue weighted by molar-refractivity contribution is 0.0655. The highest BCUT2D eigenvalue weighted by molar-refractivity contribution is 6.36. The predicted octanol–water partition coefficient (Wildman–Crippen LogP) is 7.51. The average molecular weight is 543 g/mol. The van der Waals surface area contributed by atoms with Gasteiger partial charge in [-0.1, -0.05) is 66.3 Å². The Bertz CT molecular complexity index is 1500. The van der Waals surface area contributed by atoms with E-state index in [1.165, 1.54) is 0 Å². The molecule has 0 bridgehead atoms. The van der Waals surface area contributed by atoms with Crippen LogP contribution in [0.5, 0.6) is 0 Å². The Hall–Kier alpha value is -2.86. The number of rotatable bonds is 6. The Labute approximate surface area is 225 Å². The number of fused-ring (bicyclic) bond motifs is 1. The average Bonchev–Trinajstić information content (AvgIpc) is 2.82. The first kappa shape index (κ1) is 26.2. The molecule has 36 heavy (non-hydrogen) atoms. The highest BCUT2D eigenvalue weighted by atomic mass is 35.5. The summed E-state index contributed by atoms with van der Waals surface area (Å²) in [5, 5.41) is 1.63. The number of carbonyl (C=O) groups is 1. The molecule has 1 aromatic heterocycles. The molecule has 0 spiro atoms. The summed E-state index contributed by atoms with van der Waals surface area (Å²) in [6, 6.07) is 16.9. The smallest absolute Gasteiger partial charge is 0.266 e. The lowest BCUT2D eigenvalue weighted by Crippen LogP contribution is -2.39. The number of halogens is 3. The second kappa shape index (κ2) is 10.6. The van der Waals surface area contributed by atoms with E-state index in [0.717, 1.165) is 5.56 Å². The molecule has 8 heteroatoms. The van der Waals surface area contributed by atoms with Gasteiger partial charge in [0.05, 0.1) is 33.2 Å². The third-order valence-electron chi connectivity index (χ3n) is 5.97. The van der Waals surface area contributed by atoms with E-state index in [4.69, 9.17) is 39.8 Å². The van der Waals surface area contributed by atoms with Crippen molar-refractivity contribution in [1.82, 2.24) is 14.5 Å². The number of amides is 1. The largest absolute Gasteiger partial charge is 0.328 e. The zero-order valence-electron chi connectivity index (χ0n) is 20.4. The normalized spacial score (nSPS) is 12.2. The number of carbonyl (C=O) groups excluding carboxylic acids is 1. The maximum Gasteiger partial charge on any atom is 0.266 e. The van der Waals surface area contributed by atoms with E-state index in [0.29, 0.717) is 44.6 Å². The number of benzene rings is 3. The second-order valence-electron chi connectivity index (χ2n) is 9.26. The van der Waals surface area contributed by atoms with E-state index in [9.17, 15) is 9.59 Å². The molecule has 3 aromatic carbocycles. The van der Waals surface area contributed by atoms with E-state index in [-0.39, 0.29) is 22.4 Å². The molecule has 1 heterocycles. The third kappa shape index (κ3) is 5.29. The van der Waals surface area contributed by atoms with Gasteiger partial charge in [0.25, 0.3) is 11.5 Å². The van der Waals surface area contributed by atoms with Gasteiger partial charge in [-0.3, -0.25) is 14.2 Å². The van der Waals surface area contributed by atoms with Crippen molar-refractivity contribution >= 4 is 51.6 Å². The van der Waals surface area contributed by atoms with Crippen molar-refractivity contribution in [2.75, 3.05) is 6.54 Å². The SMILES string of the molecule is Cc1ccc(-n2c(C(C)N(CC(C)C)C(=O)c3ccc(Cl)cc3Cl)nc3cc(Cl)ccc3c2=O)cc1. The Balaban J connectivity index is 1.94. The van der Waals surface area contributed by atoms with Crippen molar-refractivity contribution in [3.8, 4) is 5.69 Å². The molecule has 0 N–H and O–H groups in total. The molecular weight excluding hydrogens is 517 g/mol. The van der Waals surface area contributed by atoms with Gasteiger partial charge in [0.1, 0.15) is 5.82 Å². The molecule has 0 aliphatic rings. The van der Waals surface area contributed by atoms with E-state index in [1.54, 1.807) is 45.9 Å². The lowest BCUT2D eigenvalue weighted by atomic mass is 10.1. The Morgan fingerprint density at radius 1 is 0.944 bits per heavy atom. The standard InChI is InChI=1S/C28H26Cl3N3O2/c1-16(2)15-33(27(35)22-11-7-19(29)13-24(22)31)18(4)26-32-25-14-20(30)8-12-23(25)28(36)34(26)21-9-5-17(3)6-10-21/h5-14,16,18H,15H2,1-4H3. The fourth-order valence-corrected chi connectivity index (χ4v) is 4.82. The quantitative estimate of drug-likeness (QED) is 0.253. The van der Waals surface area contributed by atoms with Crippen LogP contribution in [0.2, 0.25) is 15.1 Å². The van der Waals surface area contributed by atoms with Crippen LogP contribution in [0, 0.1) is 12.8 Å². The van der Waals surface area contributed by atoms with Crippen molar-refractivity contribution in [3.05, 3.63) is 103 Å². The summed E-state index contributed by atoms with van der Waals surface area (Å²) in [7, 11) is 0. The Kier molecular flexibility index (Phi) is 7.74. The molecule has 0 radical (unpaired) electrons. The second-order valence-corrected chi connectivity index (χ2v) is 10.5. The first-order valence-electron chi connectivity index (χ1n) is 11.6. The first-order valence-corrected chi connectivity index (χ1v) is 12.8. The van der Waals surface area contributed by atoms with Crippen molar-refractivity contribution < 1.29 is 4.79 Å². The number of nitrogens with zero attached hydrogens (tertiary/aromatic N) is 3. The summed E-state index contributed by atoms with van der Waals surface area (Å²) < 4.78 is 1.57. The number of hydrogen-bond acceptors (Lipinski definition) is 3. The van der Waals surface area contributed by atoms with Crippen LogP contribution in [0.4, 0.5) is 0 Å². The molecular formula is C28H26Cl3N3O2. The van der Waals surface area contributed by atoms with E-state index >= 15 is 0 Å². The van der Waals surface area contributed by atoms with Gasteiger partial charge in [0, 0.05) is 16.6 Å². The van der Waals surface area contributed by atoms with Crippen LogP contribution in [-0.2, 0) is 0 Å². The third-order valence-corrected chi connectivity index (χ3v) is 6.76. The Morgan fingerprint density at radius 3 is 2.22 bits per heavy atom. The molecule has 1 atom stereocenters. The van der Waals surface area contributed by atoms with Crippen molar-refractivity contribution in [3.63, 3.8) is 0 Å². The molecule has 0 fully saturated rings. The van der Waals surface area contributed by atoms with Crippen LogP contribution in [0.3, 0.4) is 0 Å². The molecule has 0 saturated heterocycles. The predicted molar refractivity (Wildman–Crippen MR) is 148 cm³/mol.